The van der Waals surface area contributed by atoms with Crippen LogP contribution in [0.15, 0.2) is 30.3 Å². The van der Waals surface area contributed by atoms with Crippen LogP contribution in [0.3, 0.4) is 0 Å². The predicted molar refractivity (Wildman–Crippen MR) is 83.5 cm³/mol. The largest absolute Gasteiger partial charge is 0.350 e. The van der Waals surface area contributed by atoms with E-state index in [2.05, 4.69) is 5.32 Å². The SMILES string of the molecule is CC(NC(=O)C(N)CCCCN)C(Cl)c1ccccc1. The second kappa shape index (κ2) is 8.95. The van der Waals surface area contributed by atoms with Gasteiger partial charge in [0, 0.05) is 6.04 Å². The van der Waals surface area contributed by atoms with Gasteiger partial charge in [0.25, 0.3) is 0 Å². The van der Waals surface area contributed by atoms with Crippen LogP contribution in [0.1, 0.15) is 37.1 Å². The van der Waals surface area contributed by atoms with Crippen molar-refractivity contribution in [1.82, 2.24) is 5.32 Å². The molecule has 0 radical (unpaired) electrons. The minimum atomic E-state index is -0.497. The standard InChI is InChI=1S/C15H24ClN3O/c1-11(14(16)12-7-3-2-4-8-12)19-15(20)13(18)9-5-6-10-17/h2-4,7-8,11,13-14H,5-6,9-10,17-18H2,1H3,(H,19,20). The minimum absolute atomic E-state index is 0.156. The van der Waals surface area contributed by atoms with Crippen LogP contribution >= 0.6 is 11.6 Å². The van der Waals surface area contributed by atoms with Gasteiger partial charge in [0.05, 0.1) is 11.4 Å². The van der Waals surface area contributed by atoms with Crippen molar-refractivity contribution in [2.24, 2.45) is 11.5 Å². The fraction of sp³-hybridized carbons (Fsp3) is 0.533. The van der Waals surface area contributed by atoms with E-state index in [1.165, 1.54) is 0 Å². The van der Waals surface area contributed by atoms with E-state index in [-0.39, 0.29) is 17.3 Å². The second-order valence-corrected chi connectivity index (χ2v) is 5.47. The fourth-order valence-electron chi connectivity index (χ4n) is 1.97. The zero-order valence-electron chi connectivity index (χ0n) is 11.9. The molecule has 1 aromatic carbocycles. The maximum atomic E-state index is 12.0. The molecule has 5 N–H and O–H groups in total. The first-order chi connectivity index (χ1) is 9.56. The third-order valence-electron chi connectivity index (χ3n) is 3.23. The molecule has 112 valence electrons. The molecule has 0 spiro atoms. The molecule has 1 amide bonds. The van der Waals surface area contributed by atoms with E-state index >= 15 is 0 Å². The molecule has 1 rings (SSSR count). The fourth-order valence-corrected chi connectivity index (χ4v) is 2.18. The quantitative estimate of drug-likeness (QED) is 0.506. The molecule has 20 heavy (non-hydrogen) atoms. The molecule has 0 aliphatic carbocycles. The van der Waals surface area contributed by atoms with E-state index in [1.54, 1.807) is 0 Å². The minimum Gasteiger partial charge on any atom is -0.350 e. The highest BCUT2D eigenvalue weighted by Gasteiger charge is 2.21. The van der Waals surface area contributed by atoms with Gasteiger partial charge in [0.2, 0.25) is 5.91 Å². The van der Waals surface area contributed by atoms with E-state index in [4.69, 9.17) is 23.1 Å². The molecule has 3 atom stereocenters. The van der Waals surface area contributed by atoms with Crippen LogP contribution in [0.4, 0.5) is 0 Å². The van der Waals surface area contributed by atoms with Crippen molar-refractivity contribution < 1.29 is 4.79 Å². The van der Waals surface area contributed by atoms with Gasteiger partial charge < -0.3 is 16.8 Å². The summed E-state index contributed by atoms with van der Waals surface area (Å²) in [6.07, 6.45) is 2.40. The van der Waals surface area contributed by atoms with Crippen molar-refractivity contribution in [3.63, 3.8) is 0 Å². The number of hydrogen-bond acceptors (Lipinski definition) is 3. The van der Waals surface area contributed by atoms with Gasteiger partial charge in [-0.15, -0.1) is 11.6 Å². The van der Waals surface area contributed by atoms with E-state index in [0.29, 0.717) is 13.0 Å². The number of amides is 1. The number of carbonyl (C=O) groups excluding carboxylic acids is 1. The Morgan fingerprint density at radius 2 is 1.95 bits per heavy atom. The molecule has 1 aromatic rings. The zero-order valence-corrected chi connectivity index (χ0v) is 12.6. The average Bonchev–Trinajstić information content (AvgIpc) is 2.47. The highest BCUT2D eigenvalue weighted by Crippen LogP contribution is 2.23. The van der Waals surface area contributed by atoms with Crippen molar-refractivity contribution in [3.8, 4) is 0 Å². The molecule has 4 nitrogen and oxygen atoms in total. The highest BCUT2D eigenvalue weighted by molar-refractivity contribution is 6.21. The Labute approximate surface area is 125 Å². The Kier molecular flexibility index (Phi) is 7.59. The first kappa shape index (κ1) is 17.0. The first-order valence-electron chi connectivity index (χ1n) is 7.01. The molecule has 0 aliphatic rings. The molecule has 5 heteroatoms. The van der Waals surface area contributed by atoms with Crippen LogP contribution in [0.2, 0.25) is 0 Å². The topological polar surface area (TPSA) is 81.1 Å². The smallest absolute Gasteiger partial charge is 0.237 e. The van der Waals surface area contributed by atoms with Crippen molar-refractivity contribution in [1.29, 1.82) is 0 Å². The van der Waals surface area contributed by atoms with Crippen LogP contribution in [0.5, 0.6) is 0 Å². The third-order valence-corrected chi connectivity index (χ3v) is 3.86. The molecular weight excluding hydrogens is 274 g/mol. The Morgan fingerprint density at radius 1 is 1.30 bits per heavy atom. The normalized spacial score (nSPS) is 15.4. The maximum Gasteiger partial charge on any atom is 0.237 e. The van der Waals surface area contributed by atoms with Gasteiger partial charge in [-0.05, 0) is 31.9 Å². The van der Waals surface area contributed by atoms with Gasteiger partial charge in [-0.2, -0.15) is 0 Å². The van der Waals surface area contributed by atoms with Gasteiger partial charge in [-0.1, -0.05) is 36.8 Å². The summed E-state index contributed by atoms with van der Waals surface area (Å²) in [5, 5.41) is 2.61. The van der Waals surface area contributed by atoms with Crippen molar-refractivity contribution in [2.45, 2.75) is 43.6 Å². The van der Waals surface area contributed by atoms with Crippen molar-refractivity contribution >= 4 is 17.5 Å². The number of nitrogens with one attached hydrogen (secondary N) is 1. The summed E-state index contributed by atoms with van der Waals surface area (Å²) >= 11 is 6.36. The lowest BCUT2D eigenvalue weighted by Gasteiger charge is -2.22. The first-order valence-corrected chi connectivity index (χ1v) is 7.45. The summed E-state index contributed by atoms with van der Waals surface area (Å²) in [7, 11) is 0. The molecule has 0 aliphatic heterocycles. The summed E-state index contributed by atoms with van der Waals surface area (Å²) in [5.41, 5.74) is 12.3. The Bertz CT molecular complexity index is 399. The summed E-state index contributed by atoms with van der Waals surface area (Å²) < 4.78 is 0. The number of nitrogens with two attached hydrogens (primary N) is 2. The number of benzene rings is 1. The van der Waals surface area contributed by atoms with E-state index in [0.717, 1.165) is 18.4 Å². The van der Waals surface area contributed by atoms with Crippen LogP contribution < -0.4 is 16.8 Å². The van der Waals surface area contributed by atoms with Gasteiger partial charge in [0.1, 0.15) is 0 Å². The van der Waals surface area contributed by atoms with Gasteiger partial charge >= 0.3 is 0 Å². The maximum absolute atomic E-state index is 12.0. The summed E-state index contributed by atoms with van der Waals surface area (Å²) in [4.78, 5) is 12.0. The Balaban J connectivity index is 2.44. The lowest BCUT2D eigenvalue weighted by atomic mass is 10.1. The molecule has 0 saturated heterocycles. The van der Waals surface area contributed by atoms with Crippen molar-refractivity contribution in [2.75, 3.05) is 6.54 Å². The third kappa shape index (κ3) is 5.49. The lowest BCUT2D eigenvalue weighted by molar-refractivity contribution is -0.123. The molecule has 0 heterocycles. The lowest BCUT2D eigenvalue weighted by Crippen LogP contribution is -2.45. The molecular formula is C15H24ClN3O. The highest BCUT2D eigenvalue weighted by atomic mass is 35.5. The Hall–Kier alpha value is -1.10. The number of halogens is 1. The van der Waals surface area contributed by atoms with Crippen LogP contribution in [-0.4, -0.2) is 24.5 Å². The number of alkyl halides is 1. The van der Waals surface area contributed by atoms with Gasteiger partial charge in [-0.25, -0.2) is 0 Å². The van der Waals surface area contributed by atoms with Gasteiger partial charge in [-0.3, -0.25) is 4.79 Å². The van der Waals surface area contributed by atoms with Crippen molar-refractivity contribution in [3.05, 3.63) is 35.9 Å². The summed E-state index contributed by atoms with van der Waals surface area (Å²) in [6.45, 7) is 2.51. The van der Waals surface area contributed by atoms with Crippen LogP contribution in [0.25, 0.3) is 0 Å². The number of unbranched alkanes of at least 4 members (excludes halogenated alkanes) is 1. The van der Waals surface area contributed by atoms with E-state index in [9.17, 15) is 4.79 Å². The monoisotopic (exact) mass is 297 g/mol. The Morgan fingerprint density at radius 3 is 2.55 bits per heavy atom. The molecule has 0 bridgehead atoms. The predicted octanol–water partition coefficient (Wildman–Crippen LogP) is 1.93. The average molecular weight is 298 g/mol. The molecule has 3 unspecified atom stereocenters. The number of carbonyl (C=O) groups is 1. The summed E-state index contributed by atoms with van der Waals surface area (Å²) in [6, 6.07) is 9.01. The van der Waals surface area contributed by atoms with E-state index < -0.39 is 6.04 Å². The summed E-state index contributed by atoms with van der Waals surface area (Å²) in [5.74, 6) is -0.156. The number of rotatable bonds is 8. The van der Waals surface area contributed by atoms with Crippen LogP contribution in [0, 0.1) is 0 Å². The van der Waals surface area contributed by atoms with Crippen LogP contribution in [-0.2, 0) is 4.79 Å². The second-order valence-electron chi connectivity index (χ2n) is 5.00. The van der Waals surface area contributed by atoms with E-state index in [1.807, 2.05) is 37.3 Å². The molecule has 0 saturated carbocycles. The zero-order chi connectivity index (χ0) is 15.0. The van der Waals surface area contributed by atoms with Gasteiger partial charge in [0.15, 0.2) is 0 Å². The number of hydrogen-bond donors (Lipinski definition) is 3. The molecule has 0 aromatic heterocycles. The molecule has 0 fully saturated rings.